The number of hydrogen-bond donors (Lipinski definition) is 2. The van der Waals surface area contributed by atoms with Crippen LogP contribution in [0.5, 0.6) is 0 Å². The van der Waals surface area contributed by atoms with Gasteiger partial charge < -0.3 is 0 Å². The molecule has 0 unspecified atom stereocenters. The number of H-pyrrole nitrogens is 1. The van der Waals surface area contributed by atoms with E-state index in [4.69, 9.17) is 16.7 Å². The van der Waals surface area contributed by atoms with Gasteiger partial charge in [-0.25, -0.2) is 13.6 Å². The fraction of sp³-hybridized carbons (Fsp3) is 0. The van der Waals surface area contributed by atoms with Crippen LogP contribution in [0, 0.1) is 0 Å². The molecule has 22 heavy (non-hydrogen) atoms. The minimum Gasteiger partial charge on any atom is -0.284 e. The van der Waals surface area contributed by atoms with E-state index in [9.17, 15) is 8.42 Å². The number of sulfonamides is 1. The predicted molar refractivity (Wildman–Crippen MR) is 85.8 cm³/mol. The zero-order valence-corrected chi connectivity index (χ0v) is 12.9. The third-order valence-corrected chi connectivity index (χ3v) is 4.47. The Morgan fingerprint density at radius 3 is 2.36 bits per heavy atom. The molecule has 0 radical (unpaired) electrons. The number of halogens is 1. The Morgan fingerprint density at radius 2 is 1.68 bits per heavy atom. The van der Waals surface area contributed by atoms with Crippen LogP contribution in [0.2, 0.25) is 5.02 Å². The molecule has 0 aliphatic carbocycles. The number of benzene rings is 2. The lowest BCUT2D eigenvalue weighted by Crippen LogP contribution is -2.13. The van der Waals surface area contributed by atoms with Crippen LogP contribution in [0.4, 0.5) is 0 Å². The second kappa shape index (κ2) is 5.57. The first-order valence-electron chi connectivity index (χ1n) is 6.39. The van der Waals surface area contributed by atoms with Crippen molar-refractivity contribution in [3.8, 4) is 22.4 Å². The van der Waals surface area contributed by atoms with Crippen LogP contribution in [0.15, 0.2) is 59.6 Å². The second-order valence-electron chi connectivity index (χ2n) is 4.70. The van der Waals surface area contributed by atoms with Gasteiger partial charge in [0.05, 0.1) is 4.90 Å². The summed E-state index contributed by atoms with van der Waals surface area (Å²) in [5.41, 5.74) is 2.62. The predicted octanol–water partition coefficient (Wildman–Crippen LogP) is 3.04. The molecule has 3 aromatic rings. The smallest absolute Gasteiger partial charge is 0.238 e. The first-order valence-corrected chi connectivity index (χ1v) is 8.31. The summed E-state index contributed by atoms with van der Waals surface area (Å²) in [6.45, 7) is 0. The highest BCUT2D eigenvalue weighted by atomic mass is 35.5. The Morgan fingerprint density at radius 1 is 1.00 bits per heavy atom. The van der Waals surface area contributed by atoms with Gasteiger partial charge >= 0.3 is 0 Å². The summed E-state index contributed by atoms with van der Waals surface area (Å²) >= 11 is 5.90. The van der Waals surface area contributed by atoms with Crippen molar-refractivity contribution < 1.29 is 8.42 Å². The van der Waals surface area contributed by atoms with Gasteiger partial charge in [0, 0.05) is 22.3 Å². The van der Waals surface area contributed by atoms with E-state index in [-0.39, 0.29) is 4.90 Å². The number of hydrogen-bond acceptors (Lipinski definition) is 3. The van der Waals surface area contributed by atoms with Crippen LogP contribution >= 0.6 is 11.6 Å². The van der Waals surface area contributed by atoms with E-state index >= 15 is 0 Å². The number of aromatic amines is 1. The molecule has 0 aliphatic rings. The van der Waals surface area contributed by atoms with E-state index in [1.54, 1.807) is 36.5 Å². The zero-order chi connectivity index (χ0) is 15.7. The van der Waals surface area contributed by atoms with Crippen molar-refractivity contribution in [1.29, 1.82) is 0 Å². The highest BCUT2D eigenvalue weighted by molar-refractivity contribution is 7.89. The second-order valence-corrected chi connectivity index (χ2v) is 6.66. The molecule has 3 N–H and O–H groups in total. The van der Waals surface area contributed by atoms with Gasteiger partial charge in [-0.1, -0.05) is 41.9 Å². The van der Waals surface area contributed by atoms with Crippen LogP contribution in [0.25, 0.3) is 22.4 Å². The van der Waals surface area contributed by atoms with E-state index in [2.05, 4.69) is 10.2 Å². The summed E-state index contributed by atoms with van der Waals surface area (Å²) in [6, 6.07) is 13.7. The average molecular weight is 334 g/mol. The Kier molecular flexibility index (Phi) is 3.74. The summed E-state index contributed by atoms with van der Waals surface area (Å²) in [6.07, 6.45) is 1.71. The molecule has 5 nitrogen and oxygen atoms in total. The lowest BCUT2D eigenvalue weighted by atomic mass is 10.0. The molecule has 0 amide bonds. The Balaban J connectivity index is 2.20. The summed E-state index contributed by atoms with van der Waals surface area (Å²) in [5.74, 6) is 0. The topological polar surface area (TPSA) is 88.8 Å². The average Bonchev–Trinajstić information content (AvgIpc) is 2.96. The molecule has 112 valence electrons. The number of nitrogens with zero attached hydrogens (tertiary/aromatic N) is 1. The third-order valence-electron chi connectivity index (χ3n) is 3.24. The Labute approximate surface area is 132 Å². The van der Waals surface area contributed by atoms with Crippen molar-refractivity contribution in [2.45, 2.75) is 4.90 Å². The van der Waals surface area contributed by atoms with E-state index in [1.807, 2.05) is 12.1 Å². The van der Waals surface area contributed by atoms with Crippen LogP contribution in [0.3, 0.4) is 0 Å². The van der Waals surface area contributed by atoms with Crippen LogP contribution in [-0.4, -0.2) is 18.6 Å². The summed E-state index contributed by atoms with van der Waals surface area (Å²) in [4.78, 5) is 0.0392. The van der Waals surface area contributed by atoms with Gasteiger partial charge in [-0.2, -0.15) is 5.10 Å². The Bertz CT molecular complexity index is 918. The largest absolute Gasteiger partial charge is 0.284 e. The molecule has 7 heteroatoms. The molecule has 1 aromatic heterocycles. The van der Waals surface area contributed by atoms with Crippen molar-refractivity contribution in [2.75, 3.05) is 0 Å². The normalized spacial score (nSPS) is 11.5. The molecule has 0 saturated heterocycles. The van der Waals surface area contributed by atoms with Crippen molar-refractivity contribution in [2.24, 2.45) is 5.14 Å². The summed E-state index contributed by atoms with van der Waals surface area (Å²) in [5, 5.41) is 12.9. The lowest BCUT2D eigenvalue weighted by molar-refractivity contribution is 0.598. The number of nitrogens with one attached hydrogen (secondary N) is 1. The molecule has 0 fully saturated rings. The van der Waals surface area contributed by atoms with E-state index < -0.39 is 10.0 Å². The number of aromatic nitrogens is 2. The minimum absolute atomic E-state index is 0.0392. The first-order chi connectivity index (χ1) is 10.5. The molecule has 3 rings (SSSR count). The van der Waals surface area contributed by atoms with Crippen molar-refractivity contribution in [3.05, 3.63) is 59.8 Å². The van der Waals surface area contributed by atoms with Gasteiger partial charge in [0.15, 0.2) is 0 Å². The third kappa shape index (κ3) is 2.76. The van der Waals surface area contributed by atoms with E-state index in [1.165, 1.54) is 6.07 Å². The van der Waals surface area contributed by atoms with Crippen molar-refractivity contribution in [3.63, 3.8) is 0 Å². The van der Waals surface area contributed by atoms with Crippen molar-refractivity contribution in [1.82, 2.24) is 10.2 Å². The maximum absolute atomic E-state index is 11.8. The molecule has 2 aromatic carbocycles. The fourth-order valence-corrected chi connectivity index (χ4v) is 3.12. The Hall–Kier alpha value is -2.15. The molecule has 0 saturated carbocycles. The highest BCUT2D eigenvalue weighted by Gasteiger charge is 2.19. The molecule has 0 atom stereocenters. The number of nitrogens with two attached hydrogens (primary N) is 1. The lowest BCUT2D eigenvalue weighted by Gasteiger charge is -2.07. The van der Waals surface area contributed by atoms with E-state index in [0.717, 1.165) is 11.1 Å². The molecular weight excluding hydrogens is 322 g/mol. The minimum atomic E-state index is -3.84. The van der Waals surface area contributed by atoms with Crippen LogP contribution < -0.4 is 5.14 Å². The van der Waals surface area contributed by atoms with E-state index in [0.29, 0.717) is 16.3 Å². The van der Waals surface area contributed by atoms with Gasteiger partial charge in [0.2, 0.25) is 10.0 Å². The van der Waals surface area contributed by atoms with Gasteiger partial charge in [0.1, 0.15) is 5.69 Å². The van der Waals surface area contributed by atoms with Crippen LogP contribution in [0.1, 0.15) is 0 Å². The molecule has 0 bridgehead atoms. The SMILES string of the molecule is NS(=O)(=O)c1ccccc1-c1n[nH]cc1-c1ccc(Cl)cc1. The van der Waals surface area contributed by atoms with Crippen LogP contribution in [-0.2, 0) is 10.0 Å². The highest BCUT2D eigenvalue weighted by Crippen LogP contribution is 2.33. The summed E-state index contributed by atoms with van der Waals surface area (Å²) in [7, 11) is -3.84. The molecule has 1 heterocycles. The molecular formula is C15H12ClN3O2S. The van der Waals surface area contributed by atoms with Gasteiger partial charge in [0.25, 0.3) is 0 Å². The first kappa shape index (κ1) is 14.8. The molecule has 0 aliphatic heterocycles. The zero-order valence-electron chi connectivity index (χ0n) is 11.3. The fourth-order valence-electron chi connectivity index (χ4n) is 2.26. The number of rotatable bonds is 3. The standard InChI is InChI=1S/C15H12ClN3O2S/c16-11-7-5-10(6-8-11)13-9-18-19-15(13)12-3-1-2-4-14(12)22(17,20)21/h1-9H,(H,18,19)(H2,17,20,21). The molecule has 0 spiro atoms. The van der Waals surface area contributed by atoms with Gasteiger partial charge in [-0.3, -0.25) is 5.10 Å². The maximum atomic E-state index is 11.8. The number of primary sulfonamides is 1. The van der Waals surface area contributed by atoms with Crippen molar-refractivity contribution >= 4 is 21.6 Å². The van der Waals surface area contributed by atoms with Gasteiger partial charge in [-0.15, -0.1) is 0 Å². The maximum Gasteiger partial charge on any atom is 0.238 e. The van der Waals surface area contributed by atoms with Gasteiger partial charge in [-0.05, 0) is 23.8 Å². The summed E-state index contributed by atoms with van der Waals surface area (Å²) < 4.78 is 23.5. The monoisotopic (exact) mass is 333 g/mol. The quantitative estimate of drug-likeness (QED) is 0.772.